The van der Waals surface area contributed by atoms with Crippen LogP contribution < -0.4 is 5.73 Å². The van der Waals surface area contributed by atoms with E-state index in [2.05, 4.69) is 24.9 Å². The molecule has 1 aliphatic rings. The minimum absolute atomic E-state index is 0.00235. The number of aromatic nitrogens is 1. The van der Waals surface area contributed by atoms with Gasteiger partial charge in [0, 0.05) is 30.3 Å². The van der Waals surface area contributed by atoms with E-state index in [1.54, 1.807) is 26.8 Å². The molecule has 1 atom stereocenters. The average molecular weight is 438 g/mol. The van der Waals surface area contributed by atoms with Gasteiger partial charge >= 0.3 is 5.97 Å². The second-order valence-corrected chi connectivity index (χ2v) is 9.48. The van der Waals surface area contributed by atoms with E-state index in [0.717, 1.165) is 22.4 Å². The van der Waals surface area contributed by atoms with Crippen LogP contribution in [0.2, 0.25) is 0 Å². The Hall–Kier alpha value is -3.22. The third-order valence-electron chi connectivity index (χ3n) is 5.43. The molecule has 1 aromatic heterocycles. The van der Waals surface area contributed by atoms with Crippen molar-refractivity contribution >= 4 is 17.8 Å². The molecule has 0 spiro atoms. The fraction of sp³-hybridized carbons (Fsp3) is 0.440. The van der Waals surface area contributed by atoms with Crippen LogP contribution in [0.4, 0.5) is 0 Å². The third kappa shape index (κ3) is 5.33. The van der Waals surface area contributed by atoms with E-state index in [9.17, 15) is 14.4 Å². The zero-order valence-corrected chi connectivity index (χ0v) is 19.3. The Balaban J connectivity index is 1.76. The number of rotatable bonds is 7. The van der Waals surface area contributed by atoms with Crippen LogP contribution in [-0.2, 0) is 20.9 Å². The molecule has 2 aromatic rings. The normalized spacial score (nSPS) is 14.4. The molecule has 2 heterocycles. The number of hydrogen-bond donors (Lipinski definition) is 1. The minimum Gasteiger partial charge on any atom is -0.460 e. The van der Waals surface area contributed by atoms with Crippen molar-refractivity contribution in [3.63, 3.8) is 0 Å². The van der Waals surface area contributed by atoms with Gasteiger partial charge in [-0.15, -0.1) is 0 Å². The molecule has 2 N–H and O–H groups in total. The lowest BCUT2D eigenvalue weighted by atomic mass is 10.0. The lowest BCUT2D eigenvalue weighted by molar-refractivity contribution is -0.155. The summed E-state index contributed by atoms with van der Waals surface area (Å²) in [6.45, 7) is 9.82. The highest BCUT2D eigenvalue weighted by Gasteiger charge is 2.36. The van der Waals surface area contributed by atoms with Gasteiger partial charge in [-0.1, -0.05) is 26.0 Å². The number of benzene rings is 1. The lowest BCUT2D eigenvalue weighted by Gasteiger charge is -2.25. The Morgan fingerprint density at radius 3 is 2.47 bits per heavy atom. The largest absolute Gasteiger partial charge is 0.460 e. The van der Waals surface area contributed by atoms with Gasteiger partial charge in [-0.05, 0) is 62.4 Å². The van der Waals surface area contributed by atoms with Gasteiger partial charge in [0.1, 0.15) is 11.6 Å². The monoisotopic (exact) mass is 437 g/mol. The fourth-order valence-corrected chi connectivity index (χ4v) is 3.77. The van der Waals surface area contributed by atoms with Gasteiger partial charge in [0.15, 0.2) is 0 Å². The first-order valence-corrected chi connectivity index (χ1v) is 10.9. The van der Waals surface area contributed by atoms with Gasteiger partial charge in [-0.2, -0.15) is 0 Å². The van der Waals surface area contributed by atoms with Gasteiger partial charge in [-0.25, -0.2) is 0 Å². The van der Waals surface area contributed by atoms with Gasteiger partial charge < -0.3 is 15.4 Å². The van der Waals surface area contributed by atoms with Crippen molar-refractivity contribution in [3.8, 4) is 11.3 Å². The first-order valence-electron chi connectivity index (χ1n) is 10.9. The number of nitrogens with zero attached hydrogens (tertiary/aromatic N) is 2. The molecule has 7 heteroatoms. The van der Waals surface area contributed by atoms with Gasteiger partial charge in [-0.3, -0.25) is 19.4 Å². The summed E-state index contributed by atoms with van der Waals surface area (Å²) >= 11 is 0. The highest BCUT2D eigenvalue weighted by Crippen LogP contribution is 2.30. The Bertz CT molecular complexity index is 1020. The number of pyridine rings is 1. The smallest absolute Gasteiger partial charge is 0.306 e. The Morgan fingerprint density at radius 1 is 1.19 bits per heavy atom. The van der Waals surface area contributed by atoms with Crippen LogP contribution in [-0.4, -0.2) is 39.3 Å². The number of carbonyl (C=O) groups excluding carboxylic acids is 3. The Labute approximate surface area is 189 Å². The molecule has 3 rings (SSSR count). The molecule has 1 aromatic carbocycles. The van der Waals surface area contributed by atoms with E-state index in [1.165, 1.54) is 4.90 Å². The summed E-state index contributed by atoms with van der Waals surface area (Å²) in [6.07, 6.45) is 1.99. The number of carbonyl (C=O) groups is 3. The second kappa shape index (κ2) is 9.10. The zero-order chi connectivity index (χ0) is 23.6. The number of hydrogen-bond acceptors (Lipinski definition) is 5. The van der Waals surface area contributed by atoms with Gasteiger partial charge in [0.2, 0.25) is 5.91 Å². The van der Waals surface area contributed by atoms with Crippen molar-refractivity contribution in [3.05, 3.63) is 53.2 Å². The maximum absolute atomic E-state index is 13.0. The van der Waals surface area contributed by atoms with Crippen molar-refractivity contribution in [1.82, 2.24) is 9.88 Å². The standard InChI is InChI=1S/C25H31N3O4/c1-15(2)17-7-9-20(27-13-17)16-6-8-19-18(12-16)14-28(24(19)31)21(23(26)30)10-11-22(29)32-25(3,4)5/h6-9,12-13,15,21H,10-11,14H2,1-5H3,(H2,26,30). The van der Waals surface area contributed by atoms with Crippen LogP contribution in [0.1, 0.15) is 74.9 Å². The summed E-state index contributed by atoms with van der Waals surface area (Å²) in [5.41, 5.74) is 9.20. The van der Waals surface area contributed by atoms with Crippen molar-refractivity contribution < 1.29 is 19.1 Å². The molecule has 7 nitrogen and oxygen atoms in total. The van der Waals surface area contributed by atoms with Crippen LogP contribution in [0.5, 0.6) is 0 Å². The van der Waals surface area contributed by atoms with Gasteiger partial charge in [0.05, 0.1) is 5.69 Å². The van der Waals surface area contributed by atoms with Gasteiger partial charge in [0.25, 0.3) is 5.91 Å². The lowest BCUT2D eigenvalue weighted by Crippen LogP contribution is -2.45. The van der Waals surface area contributed by atoms with E-state index >= 15 is 0 Å². The Morgan fingerprint density at radius 2 is 1.91 bits per heavy atom. The third-order valence-corrected chi connectivity index (χ3v) is 5.43. The molecule has 32 heavy (non-hydrogen) atoms. The minimum atomic E-state index is -0.880. The van der Waals surface area contributed by atoms with E-state index in [4.69, 9.17) is 10.5 Å². The molecular weight excluding hydrogens is 406 g/mol. The SMILES string of the molecule is CC(C)c1ccc(-c2ccc3c(c2)CN(C(CCC(=O)OC(C)(C)C)C(N)=O)C3=O)nc1. The summed E-state index contributed by atoms with van der Waals surface area (Å²) in [7, 11) is 0. The van der Waals surface area contributed by atoms with Crippen LogP contribution >= 0.6 is 0 Å². The molecule has 2 amide bonds. The molecule has 0 bridgehead atoms. The van der Waals surface area contributed by atoms with E-state index < -0.39 is 23.5 Å². The predicted molar refractivity (Wildman–Crippen MR) is 122 cm³/mol. The summed E-state index contributed by atoms with van der Waals surface area (Å²) in [5, 5.41) is 0. The predicted octanol–water partition coefficient (Wildman–Crippen LogP) is 3.80. The summed E-state index contributed by atoms with van der Waals surface area (Å²) in [4.78, 5) is 43.2. The zero-order valence-electron chi connectivity index (χ0n) is 19.3. The summed E-state index contributed by atoms with van der Waals surface area (Å²) < 4.78 is 5.31. The number of esters is 1. The number of primary amides is 1. The molecule has 170 valence electrons. The average Bonchev–Trinajstić information content (AvgIpc) is 3.02. The first-order chi connectivity index (χ1) is 15.0. The van der Waals surface area contributed by atoms with E-state index in [0.29, 0.717) is 11.5 Å². The van der Waals surface area contributed by atoms with Crippen LogP contribution in [0, 0.1) is 0 Å². The second-order valence-electron chi connectivity index (χ2n) is 9.48. The summed E-state index contributed by atoms with van der Waals surface area (Å²) in [5.74, 6) is -0.927. The van der Waals surface area contributed by atoms with Crippen LogP contribution in [0.25, 0.3) is 11.3 Å². The Kier molecular flexibility index (Phi) is 6.67. The summed E-state index contributed by atoms with van der Waals surface area (Å²) in [6, 6.07) is 8.69. The number of amides is 2. The molecule has 0 fully saturated rings. The quantitative estimate of drug-likeness (QED) is 0.664. The number of fused-ring (bicyclic) bond motifs is 1. The van der Waals surface area contributed by atoms with Crippen LogP contribution in [0.15, 0.2) is 36.5 Å². The van der Waals surface area contributed by atoms with E-state index in [1.807, 2.05) is 24.4 Å². The molecule has 0 aliphatic carbocycles. The molecule has 0 saturated carbocycles. The van der Waals surface area contributed by atoms with Crippen LogP contribution in [0.3, 0.4) is 0 Å². The maximum atomic E-state index is 13.0. The molecular formula is C25H31N3O4. The fourth-order valence-electron chi connectivity index (χ4n) is 3.77. The van der Waals surface area contributed by atoms with E-state index in [-0.39, 0.29) is 25.3 Å². The molecule has 1 aliphatic heterocycles. The maximum Gasteiger partial charge on any atom is 0.306 e. The molecule has 0 saturated heterocycles. The topological polar surface area (TPSA) is 103 Å². The first kappa shape index (κ1) is 23.4. The molecule has 0 radical (unpaired) electrons. The molecule has 1 unspecified atom stereocenters. The highest BCUT2D eigenvalue weighted by atomic mass is 16.6. The number of nitrogens with two attached hydrogens (primary N) is 1. The highest BCUT2D eigenvalue weighted by molar-refractivity contribution is 6.01. The van der Waals surface area contributed by atoms with Crippen molar-refractivity contribution in [1.29, 1.82) is 0 Å². The number of ether oxygens (including phenoxy) is 1. The van der Waals surface area contributed by atoms with Crippen molar-refractivity contribution in [2.45, 2.75) is 71.6 Å². The van der Waals surface area contributed by atoms with Crippen molar-refractivity contribution in [2.24, 2.45) is 5.73 Å². The van der Waals surface area contributed by atoms with Crippen molar-refractivity contribution in [2.75, 3.05) is 0 Å².